The van der Waals surface area contributed by atoms with Crippen LogP contribution in [0.1, 0.15) is 38.7 Å². The normalized spacial score (nSPS) is 13.3. The van der Waals surface area contributed by atoms with Crippen molar-refractivity contribution < 1.29 is 24.5 Å². The summed E-state index contributed by atoms with van der Waals surface area (Å²) in [6, 6.07) is 8.79. The summed E-state index contributed by atoms with van der Waals surface area (Å²) in [6.07, 6.45) is 1.63. The van der Waals surface area contributed by atoms with Gasteiger partial charge in [-0.2, -0.15) is 0 Å². The van der Waals surface area contributed by atoms with E-state index in [4.69, 9.17) is 9.84 Å². The van der Waals surface area contributed by atoms with Crippen LogP contribution >= 0.6 is 0 Å². The van der Waals surface area contributed by atoms with E-state index in [1.807, 2.05) is 18.2 Å². The topological polar surface area (TPSA) is 95.9 Å². The highest BCUT2D eigenvalue weighted by atomic mass is 16.5. The van der Waals surface area contributed by atoms with E-state index in [0.717, 1.165) is 19.3 Å². The van der Waals surface area contributed by atoms with Crippen molar-refractivity contribution in [2.75, 3.05) is 6.61 Å². The number of carboxylic acid groups (broad SMARTS) is 1. The number of carbonyl (C=O) groups is 2. The van der Waals surface area contributed by atoms with Crippen LogP contribution in [0.15, 0.2) is 30.3 Å². The van der Waals surface area contributed by atoms with Gasteiger partial charge in [0.05, 0.1) is 12.7 Å². The van der Waals surface area contributed by atoms with Crippen LogP contribution in [-0.2, 0) is 16.0 Å². The Labute approximate surface area is 142 Å². The van der Waals surface area contributed by atoms with Crippen LogP contribution in [-0.4, -0.2) is 41.0 Å². The molecule has 0 aliphatic heterocycles. The average molecular weight is 337 g/mol. The number of aliphatic hydroxyl groups is 1. The van der Waals surface area contributed by atoms with Crippen molar-refractivity contribution >= 4 is 12.1 Å². The molecule has 1 amide bonds. The number of unbranched alkanes of at least 4 members (excludes halogenated alkanes) is 2. The van der Waals surface area contributed by atoms with E-state index in [-0.39, 0.29) is 12.5 Å². The van der Waals surface area contributed by atoms with E-state index >= 15 is 0 Å². The SMILES string of the molecule is CC(C)[C@@H](O)[C@H](NC(=O)OCCCCCc1ccccc1)C(=O)O. The number of aliphatic carboxylic acids is 1. The summed E-state index contributed by atoms with van der Waals surface area (Å²) in [4.78, 5) is 22.7. The summed E-state index contributed by atoms with van der Waals surface area (Å²) in [5, 5.41) is 21.1. The van der Waals surface area contributed by atoms with Gasteiger partial charge in [0.2, 0.25) is 0 Å². The Hall–Kier alpha value is -2.08. The molecule has 3 N–H and O–H groups in total. The number of hydrogen-bond donors (Lipinski definition) is 3. The maximum atomic E-state index is 11.6. The lowest BCUT2D eigenvalue weighted by Gasteiger charge is -2.22. The lowest BCUT2D eigenvalue weighted by atomic mass is 10.00. The Morgan fingerprint density at radius 3 is 2.38 bits per heavy atom. The number of ether oxygens (including phenoxy) is 1. The van der Waals surface area contributed by atoms with E-state index in [9.17, 15) is 14.7 Å². The fourth-order valence-corrected chi connectivity index (χ4v) is 2.26. The highest BCUT2D eigenvalue weighted by Gasteiger charge is 2.30. The van der Waals surface area contributed by atoms with E-state index in [0.29, 0.717) is 6.42 Å². The number of carbonyl (C=O) groups excluding carboxylic acids is 1. The van der Waals surface area contributed by atoms with E-state index < -0.39 is 24.2 Å². The second-order valence-corrected chi connectivity index (χ2v) is 6.13. The van der Waals surface area contributed by atoms with Crippen molar-refractivity contribution in [3.05, 3.63) is 35.9 Å². The van der Waals surface area contributed by atoms with Crippen LogP contribution in [0.4, 0.5) is 4.79 Å². The van der Waals surface area contributed by atoms with Gasteiger partial charge in [0.15, 0.2) is 6.04 Å². The average Bonchev–Trinajstić information content (AvgIpc) is 2.55. The maximum Gasteiger partial charge on any atom is 0.407 e. The van der Waals surface area contributed by atoms with Crippen molar-refractivity contribution in [3.8, 4) is 0 Å². The summed E-state index contributed by atoms with van der Waals surface area (Å²) < 4.78 is 4.98. The second-order valence-electron chi connectivity index (χ2n) is 6.13. The van der Waals surface area contributed by atoms with Crippen LogP contribution in [0.2, 0.25) is 0 Å². The molecule has 2 atom stereocenters. The Bertz CT molecular complexity index is 503. The predicted molar refractivity (Wildman–Crippen MR) is 90.7 cm³/mol. The minimum atomic E-state index is -1.37. The predicted octanol–water partition coefficient (Wildman–Crippen LogP) is 2.60. The molecule has 0 fully saturated rings. The molecule has 134 valence electrons. The number of aliphatic hydroxyl groups excluding tert-OH is 1. The minimum absolute atomic E-state index is 0.227. The zero-order valence-electron chi connectivity index (χ0n) is 14.3. The van der Waals surface area contributed by atoms with Crippen molar-refractivity contribution in [2.45, 2.75) is 51.7 Å². The van der Waals surface area contributed by atoms with Crippen LogP contribution in [0.25, 0.3) is 0 Å². The van der Waals surface area contributed by atoms with Crippen molar-refractivity contribution in [3.63, 3.8) is 0 Å². The number of benzene rings is 1. The van der Waals surface area contributed by atoms with Gasteiger partial charge in [-0.15, -0.1) is 0 Å². The molecule has 1 aromatic rings. The number of aryl methyl sites for hydroxylation is 1. The first-order valence-corrected chi connectivity index (χ1v) is 8.30. The number of amides is 1. The number of alkyl carbamates (subject to hydrolysis) is 1. The van der Waals surface area contributed by atoms with Crippen molar-refractivity contribution in [1.82, 2.24) is 5.32 Å². The molecular formula is C18H27NO5. The Balaban J connectivity index is 2.19. The van der Waals surface area contributed by atoms with E-state index in [2.05, 4.69) is 17.4 Å². The number of carboxylic acids is 1. The molecule has 0 saturated heterocycles. The summed E-state index contributed by atoms with van der Waals surface area (Å²) >= 11 is 0. The number of nitrogens with one attached hydrogen (secondary N) is 1. The fourth-order valence-electron chi connectivity index (χ4n) is 2.26. The molecular weight excluding hydrogens is 310 g/mol. The quantitative estimate of drug-likeness (QED) is 0.570. The smallest absolute Gasteiger partial charge is 0.407 e. The van der Waals surface area contributed by atoms with Gasteiger partial charge in [0, 0.05) is 0 Å². The monoisotopic (exact) mass is 337 g/mol. The molecule has 1 rings (SSSR count). The first-order chi connectivity index (χ1) is 11.4. The molecule has 0 heterocycles. The van der Waals surface area contributed by atoms with Crippen LogP contribution in [0.5, 0.6) is 0 Å². The van der Waals surface area contributed by atoms with Crippen molar-refractivity contribution in [2.24, 2.45) is 5.92 Å². The van der Waals surface area contributed by atoms with Gasteiger partial charge in [-0.25, -0.2) is 9.59 Å². The Kier molecular flexibility index (Phi) is 8.86. The fraction of sp³-hybridized carbons (Fsp3) is 0.556. The van der Waals surface area contributed by atoms with E-state index in [1.165, 1.54) is 5.56 Å². The summed E-state index contributed by atoms with van der Waals surface area (Å²) in [5.74, 6) is -1.57. The molecule has 6 nitrogen and oxygen atoms in total. The van der Waals surface area contributed by atoms with Gasteiger partial charge in [-0.3, -0.25) is 0 Å². The lowest BCUT2D eigenvalue weighted by Crippen LogP contribution is -2.50. The lowest BCUT2D eigenvalue weighted by molar-refractivity contribution is -0.143. The third-order valence-electron chi connectivity index (χ3n) is 3.75. The molecule has 0 spiro atoms. The van der Waals surface area contributed by atoms with Crippen LogP contribution in [0.3, 0.4) is 0 Å². The van der Waals surface area contributed by atoms with Gasteiger partial charge in [-0.05, 0) is 37.2 Å². The number of rotatable bonds is 10. The molecule has 0 radical (unpaired) electrons. The summed E-state index contributed by atoms with van der Waals surface area (Å²) in [6.45, 7) is 3.59. The molecule has 0 unspecified atom stereocenters. The third-order valence-corrected chi connectivity index (χ3v) is 3.75. The number of hydrogen-bond acceptors (Lipinski definition) is 4. The van der Waals surface area contributed by atoms with Gasteiger partial charge < -0.3 is 20.3 Å². The minimum Gasteiger partial charge on any atom is -0.480 e. The van der Waals surface area contributed by atoms with Gasteiger partial charge in [-0.1, -0.05) is 44.2 Å². The molecule has 0 aliphatic carbocycles. The molecule has 0 saturated carbocycles. The molecule has 0 aliphatic rings. The van der Waals surface area contributed by atoms with Crippen molar-refractivity contribution in [1.29, 1.82) is 0 Å². The molecule has 0 aromatic heterocycles. The van der Waals surface area contributed by atoms with Crippen LogP contribution in [0, 0.1) is 5.92 Å². The van der Waals surface area contributed by atoms with Gasteiger partial charge >= 0.3 is 12.1 Å². The molecule has 24 heavy (non-hydrogen) atoms. The highest BCUT2D eigenvalue weighted by Crippen LogP contribution is 2.08. The molecule has 0 bridgehead atoms. The first kappa shape index (κ1) is 20.0. The second kappa shape index (κ2) is 10.6. The van der Waals surface area contributed by atoms with Gasteiger partial charge in [0.25, 0.3) is 0 Å². The highest BCUT2D eigenvalue weighted by molar-refractivity contribution is 5.80. The van der Waals surface area contributed by atoms with Gasteiger partial charge in [0.1, 0.15) is 0 Å². The maximum absolute atomic E-state index is 11.6. The zero-order chi connectivity index (χ0) is 17.9. The first-order valence-electron chi connectivity index (χ1n) is 8.30. The third kappa shape index (κ3) is 7.46. The van der Waals surface area contributed by atoms with Crippen LogP contribution < -0.4 is 5.32 Å². The largest absolute Gasteiger partial charge is 0.480 e. The molecule has 1 aromatic carbocycles. The zero-order valence-corrected chi connectivity index (χ0v) is 14.3. The summed E-state index contributed by atoms with van der Waals surface area (Å²) in [7, 11) is 0. The Morgan fingerprint density at radius 1 is 1.12 bits per heavy atom. The standard InChI is InChI=1S/C18H27NO5/c1-13(2)16(20)15(17(21)22)19-18(23)24-12-8-4-7-11-14-9-5-3-6-10-14/h3,5-6,9-10,13,15-16,20H,4,7-8,11-12H2,1-2H3,(H,19,23)(H,21,22)/t15-,16+/m0/s1. The Morgan fingerprint density at radius 2 is 1.79 bits per heavy atom. The van der Waals surface area contributed by atoms with E-state index in [1.54, 1.807) is 13.8 Å². The summed E-state index contributed by atoms with van der Waals surface area (Å²) in [5.41, 5.74) is 1.28. The molecule has 6 heteroatoms.